The molecule has 0 unspecified atom stereocenters. The van der Waals surface area contributed by atoms with Crippen molar-refractivity contribution in [3.63, 3.8) is 0 Å². The molecule has 0 saturated carbocycles. The molecule has 0 aliphatic heterocycles. The monoisotopic (exact) mass is 388 g/mol. The van der Waals surface area contributed by atoms with Crippen LogP contribution in [0.3, 0.4) is 0 Å². The summed E-state index contributed by atoms with van der Waals surface area (Å²) < 4.78 is 5.84. The van der Waals surface area contributed by atoms with Crippen molar-refractivity contribution in [3.05, 3.63) is 95.6 Å². The SMILES string of the molecule is CCN(CC)c1ccc(NC(=O)OC(c2ccccc2)c2ccccc2)c(C)c1. The predicted molar refractivity (Wildman–Crippen MR) is 120 cm³/mol. The Balaban J connectivity index is 1.77. The molecular weight excluding hydrogens is 360 g/mol. The van der Waals surface area contributed by atoms with E-state index in [-0.39, 0.29) is 0 Å². The fraction of sp³-hybridized carbons (Fsp3) is 0.240. The molecule has 0 aromatic heterocycles. The van der Waals surface area contributed by atoms with Crippen LogP contribution in [0.4, 0.5) is 16.2 Å². The highest BCUT2D eigenvalue weighted by molar-refractivity contribution is 5.86. The second kappa shape index (κ2) is 9.78. The van der Waals surface area contributed by atoms with E-state index >= 15 is 0 Å². The van der Waals surface area contributed by atoms with Crippen molar-refractivity contribution in [2.45, 2.75) is 26.9 Å². The van der Waals surface area contributed by atoms with Crippen LogP contribution in [-0.4, -0.2) is 19.2 Å². The molecule has 3 aromatic rings. The van der Waals surface area contributed by atoms with Crippen LogP contribution in [0.5, 0.6) is 0 Å². The minimum Gasteiger partial charge on any atom is -0.436 e. The van der Waals surface area contributed by atoms with Crippen molar-refractivity contribution in [2.24, 2.45) is 0 Å². The molecule has 0 atom stereocenters. The summed E-state index contributed by atoms with van der Waals surface area (Å²) in [6, 6.07) is 25.6. The molecule has 0 fully saturated rings. The van der Waals surface area contributed by atoms with E-state index in [1.54, 1.807) is 0 Å². The van der Waals surface area contributed by atoms with Gasteiger partial charge in [0.1, 0.15) is 0 Å². The number of ether oxygens (including phenoxy) is 1. The third-order valence-electron chi connectivity index (χ3n) is 5.00. The second-order valence-corrected chi connectivity index (χ2v) is 6.90. The van der Waals surface area contributed by atoms with Crippen LogP contribution in [0.15, 0.2) is 78.9 Å². The quantitative estimate of drug-likeness (QED) is 0.525. The maximum atomic E-state index is 12.7. The normalized spacial score (nSPS) is 10.6. The van der Waals surface area contributed by atoms with Gasteiger partial charge in [-0.15, -0.1) is 0 Å². The number of carbonyl (C=O) groups excluding carboxylic acids is 1. The minimum atomic E-state index is -0.471. The van der Waals surface area contributed by atoms with Gasteiger partial charge in [0.25, 0.3) is 0 Å². The first-order valence-electron chi connectivity index (χ1n) is 10.1. The van der Waals surface area contributed by atoms with E-state index in [2.05, 4.69) is 30.1 Å². The fourth-order valence-electron chi connectivity index (χ4n) is 3.40. The predicted octanol–water partition coefficient (Wildman–Crippen LogP) is 6.18. The summed E-state index contributed by atoms with van der Waals surface area (Å²) in [6.07, 6.45) is -0.936. The fourth-order valence-corrected chi connectivity index (χ4v) is 3.40. The molecule has 1 N–H and O–H groups in total. The lowest BCUT2D eigenvalue weighted by Gasteiger charge is -2.23. The Hall–Kier alpha value is -3.27. The number of hydrogen-bond donors (Lipinski definition) is 1. The molecule has 4 nitrogen and oxygen atoms in total. The number of nitrogens with zero attached hydrogens (tertiary/aromatic N) is 1. The van der Waals surface area contributed by atoms with Crippen molar-refractivity contribution in [1.29, 1.82) is 0 Å². The van der Waals surface area contributed by atoms with Crippen LogP contribution in [-0.2, 0) is 4.74 Å². The number of anilines is 2. The molecule has 3 aromatic carbocycles. The highest BCUT2D eigenvalue weighted by atomic mass is 16.6. The number of rotatable bonds is 7. The van der Waals surface area contributed by atoms with Gasteiger partial charge in [0.15, 0.2) is 6.10 Å². The van der Waals surface area contributed by atoms with Gasteiger partial charge in [-0.3, -0.25) is 5.32 Å². The van der Waals surface area contributed by atoms with Crippen molar-refractivity contribution in [1.82, 2.24) is 0 Å². The van der Waals surface area contributed by atoms with Crippen LogP contribution in [0.1, 0.15) is 36.6 Å². The average Bonchev–Trinajstić information content (AvgIpc) is 2.76. The Morgan fingerprint density at radius 2 is 1.45 bits per heavy atom. The molecule has 0 aliphatic rings. The van der Waals surface area contributed by atoms with Gasteiger partial charge in [0.2, 0.25) is 0 Å². The lowest BCUT2D eigenvalue weighted by atomic mass is 10.0. The zero-order valence-electron chi connectivity index (χ0n) is 17.3. The van der Waals surface area contributed by atoms with Crippen molar-refractivity contribution >= 4 is 17.5 Å². The van der Waals surface area contributed by atoms with Gasteiger partial charge in [0, 0.05) is 24.5 Å². The van der Waals surface area contributed by atoms with Gasteiger partial charge in [-0.05, 0) is 55.7 Å². The summed E-state index contributed by atoms with van der Waals surface area (Å²) in [7, 11) is 0. The Bertz CT molecular complexity index is 883. The van der Waals surface area contributed by atoms with Crippen LogP contribution < -0.4 is 10.2 Å². The molecule has 29 heavy (non-hydrogen) atoms. The summed E-state index contributed by atoms with van der Waals surface area (Å²) >= 11 is 0. The van der Waals surface area contributed by atoms with E-state index in [1.807, 2.05) is 79.7 Å². The van der Waals surface area contributed by atoms with Crippen LogP contribution in [0.25, 0.3) is 0 Å². The molecule has 0 bridgehead atoms. The first-order valence-corrected chi connectivity index (χ1v) is 10.1. The minimum absolute atomic E-state index is 0.465. The van der Waals surface area contributed by atoms with Crippen molar-refractivity contribution in [3.8, 4) is 0 Å². The van der Waals surface area contributed by atoms with E-state index in [0.717, 1.165) is 41.2 Å². The molecule has 1 amide bonds. The zero-order valence-corrected chi connectivity index (χ0v) is 17.3. The molecule has 0 radical (unpaired) electrons. The van der Waals surface area contributed by atoms with Gasteiger partial charge >= 0.3 is 6.09 Å². The topological polar surface area (TPSA) is 41.6 Å². The lowest BCUT2D eigenvalue weighted by molar-refractivity contribution is 0.131. The maximum Gasteiger partial charge on any atom is 0.412 e. The van der Waals surface area contributed by atoms with E-state index in [1.165, 1.54) is 0 Å². The van der Waals surface area contributed by atoms with Gasteiger partial charge < -0.3 is 9.64 Å². The largest absolute Gasteiger partial charge is 0.436 e. The highest BCUT2D eigenvalue weighted by Crippen LogP contribution is 2.27. The van der Waals surface area contributed by atoms with Crippen LogP contribution in [0.2, 0.25) is 0 Å². The van der Waals surface area contributed by atoms with Gasteiger partial charge in [-0.1, -0.05) is 60.7 Å². The Morgan fingerprint density at radius 3 is 1.93 bits per heavy atom. The number of hydrogen-bond acceptors (Lipinski definition) is 3. The third kappa shape index (κ3) is 5.17. The molecule has 4 heteroatoms. The number of carbonyl (C=O) groups is 1. The van der Waals surface area contributed by atoms with Crippen LogP contribution >= 0.6 is 0 Å². The Labute approximate surface area is 173 Å². The van der Waals surface area contributed by atoms with E-state index < -0.39 is 12.2 Å². The number of aryl methyl sites for hydroxylation is 1. The summed E-state index contributed by atoms with van der Waals surface area (Å²) in [4.78, 5) is 15.0. The Kier molecular flexibility index (Phi) is 6.90. The summed E-state index contributed by atoms with van der Waals surface area (Å²) in [5.41, 5.74) is 4.77. The smallest absolute Gasteiger partial charge is 0.412 e. The van der Waals surface area contributed by atoms with Gasteiger partial charge in [-0.25, -0.2) is 4.79 Å². The highest BCUT2D eigenvalue weighted by Gasteiger charge is 2.19. The van der Waals surface area contributed by atoms with Crippen LogP contribution in [0, 0.1) is 6.92 Å². The van der Waals surface area contributed by atoms with Gasteiger partial charge in [-0.2, -0.15) is 0 Å². The Morgan fingerprint density at radius 1 is 0.897 bits per heavy atom. The first kappa shape index (κ1) is 20.5. The number of nitrogens with one attached hydrogen (secondary N) is 1. The lowest BCUT2D eigenvalue weighted by Crippen LogP contribution is -2.22. The standard InChI is InChI=1S/C25H28N2O2/c1-4-27(5-2)22-16-17-23(19(3)18-22)26-25(28)29-24(20-12-8-6-9-13-20)21-14-10-7-11-15-21/h6-18,24H,4-5H2,1-3H3,(H,26,28). The molecular formula is C25H28N2O2. The van der Waals surface area contributed by atoms with Crippen molar-refractivity contribution in [2.75, 3.05) is 23.3 Å². The summed E-state index contributed by atoms with van der Waals surface area (Å²) in [6.45, 7) is 8.15. The first-order chi connectivity index (χ1) is 14.1. The summed E-state index contributed by atoms with van der Waals surface area (Å²) in [5.74, 6) is 0. The maximum absolute atomic E-state index is 12.7. The molecule has 3 rings (SSSR count). The summed E-state index contributed by atoms with van der Waals surface area (Å²) in [5, 5.41) is 2.90. The van der Waals surface area contributed by atoms with Crippen molar-refractivity contribution < 1.29 is 9.53 Å². The van der Waals surface area contributed by atoms with E-state index in [0.29, 0.717) is 0 Å². The van der Waals surface area contributed by atoms with E-state index in [4.69, 9.17) is 4.74 Å². The molecule has 0 heterocycles. The number of amides is 1. The van der Waals surface area contributed by atoms with E-state index in [9.17, 15) is 4.79 Å². The molecule has 150 valence electrons. The van der Waals surface area contributed by atoms with Gasteiger partial charge in [0.05, 0.1) is 0 Å². The number of benzene rings is 3. The third-order valence-corrected chi connectivity index (χ3v) is 5.00. The second-order valence-electron chi connectivity index (χ2n) is 6.90. The molecule has 0 saturated heterocycles. The molecule has 0 spiro atoms. The zero-order chi connectivity index (χ0) is 20.6. The average molecular weight is 389 g/mol. The molecule has 0 aliphatic carbocycles.